The maximum absolute atomic E-state index is 13.3. The van der Waals surface area contributed by atoms with Crippen molar-refractivity contribution in [3.63, 3.8) is 0 Å². The molecule has 8 heteroatoms. The maximum Gasteiger partial charge on any atom is 0.308 e. The Hall–Kier alpha value is -4.01. The first-order valence-corrected chi connectivity index (χ1v) is 13.5. The predicted molar refractivity (Wildman–Crippen MR) is 157 cm³/mol. The van der Waals surface area contributed by atoms with E-state index in [9.17, 15) is 14.4 Å². The van der Waals surface area contributed by atoms with E-state index in [4.69, 9.17) is 10.5 Å². The molecule has 3 aromatic carbocycles. The normalized spacial score (nSPS) is 12.7. The van der Waals surface area contributed by atoms with Crippen LogP contribution in [0, 0.1) is 0 Å². The summed E-state index contributed by atoms with van der Waals surface area (Å²) in [6.07, 6.45) is 0.115. The molecule has 0 aliphatic heterocycles. The number of carbonyl (C=O) groups is 3. The van der Waals surface area contributed by atoms with Crippen molar-refractivity contribution in [2.75, 3.05) is 7.05 Å². The van der Waals surface area contributed by atoms with Crippen molar-refractivity contribution in [3.8, 4) is 11.1 Å². The lowest BCUT2D eigenvalue weighted by Crippen LogP contribution is -2.53. The summed E-state index contributed by atoms with van der Waals surface area (Å²) in [5, 5.41) is 8.63. The molecule has 0 aliphatic rings. The molecular weight excluding hydrogens is 504 g/mol. The van der Waals surface area contributed by atoms with Gasteiger partial charge in [0.2, 0.25) is 11.8 Å². The number of hydrogen-bond donors (Lipinski definition) is 4. The summed E-state index contributed by atoms with van der Waals surface area (Å²) in [7, 11) is 1.69. The molecule has 212 valence electrons. The van der Waals surface area contributed by atoms with Gasteiger partial charge in [0.25, 0.3) is 0 Å². The molecule has 0 aliphatic carbocycles. The summed E-state index contributed by atoms with van der Waals surface area (Å²) >= 11 is 0. The van der Waals surface area contributed by atoms with Crippen LogP contribution in [-0.2, 0) is 38.6 Å². The van der Waals surface area contributed by atoms with Crippen LogP contribution in [-0.4, -0.2) is 42.5 Å². The monoisotopic (exact) mass is 544 g/mol. The third-order valence-electron chi connectivity index (χ3n) is 6.28. The van der Waals surface area contributed by atoms with E-state index < -0.39 is 29.6 Å². The number of hydrogen-bond acceptors (Lipinski definition) is 6. The fraction of sp³-hybridized carbons (Fsp3) is 0.344. The third-order valence-corrected chi connectivity index (χ3v) is 6.28. The SMILES string of the molecule is CN[C@@H](Cc1ccc(-c2ccccc2)cc1)C(=O)N[C@@H](CC(=O)OC(C)(C)C)C(=O)NCc1cccc(CN)c1. The van der Waals surface area contributed by atoms with E-state index in [-0.39, 0.29) is 18.9 Å². The molecule has 40 heavy (non-hydrogen) atoms. The molecule has 2 atom stereocenters. The van der Waals surface area contributed by atoms with Crippen molar-refractivity contribution in [2.45, 2.75) is 64.4 Å². The van der Waals surface area contributed by atoms with E-state index in [1.807, 2.05) is 78.9 Å². The van der Waals surface area contributed by atoms with Gasteiger partial charge < -0.3 is 26.4 Å². The first kappa shape index (κ1) is 30.5. The van der Waals surface area contributed by atoms with Crippen molar-refractivity contribution in [1.82, 2.24) is 16.0 Å². The highest BCUT2D eigenvalue weighted by atomic mass is 16.6. The van der Waals surface area contributed by atoms with Crippen LogP contribution < -0.4 is 21.7 Å². The van der Waals surface area contributed by atoms with Gasteiger partial charge in [-0.15, -0.1) is 0 Å². The highest BCUT2D eigenvalue weighted by Gasteiger charge is 2.29. The van der Waals surface area contributed by atoms with E-state index in [0.717, 1.165) is 27.8 Å². The van der Waals surface area contributed by atoms with E-state index in [1.54, 1.807) is 27.8 Å². The van der Waals surface area contributed by atoms with Crippen molar-refractivity contribution in [2.24, 2.45) is 5.73 Å². The Morgan fingerprint density at radius 3 is 2.08 bits per heavy atom. The molecule has 0 heterocycles. The highest BCUT2D eigenvalue weighted by molar-refractivity contribution is 5.92. The molecule has 0 radical (unpaired) electrons. The van der Waals surface area contributed by atoms with Crippen molar-refractivity contribution < 1.29 is 19.1 Å². The number of carbonyl (C=O) groups excluding carboxylic acids is 3. The van der Waals surface area contributed by atoms with Crippen LogP contribution in [0.1, 0.15) is 43.9 Å². The molecule has 0 unspecified atom stereocenters. The Morgan fingerprint density at radius 1 is 0.800 bits per heavy atom. The fourth-order valence-corrected chi connectivity index (χ4v) is 4.24. The number of ether oxygens (including phenoxy) is 1. The second-order valence-corrected chi connectivity index (χ2v) is 10.7. The van der Waals surface area contributed by atoms with Crippen LogP contribution in [0.15, 0.2) is 78.9 Å². The topological polar surface area (TPSA) is 123 Å². The molecule has 0 fully saturated rings. The smallest absolute Gasteiger partial charge is 0.308 e. The Bertz CT molecular complexity index is 1270. The Balaban J connectivity index is 1.69. The van der Waals surface area contributed by atoms with Crippen LogP contribution in [0.2, 0.25) is 0 Å². The lowest BCUT2D eigenvalue weighted by atomic mass is 10.00. The van der Waals surface area contributed by atoms with Gasteiger partial charge in [-0.05, 0) is 62.1 Å². The van der Waals surface area contributed by atoms with Gasteiger partial charge in [0.05, 0.1) is 12.5 Å². The van der Waals surface area contributed by atoms with Crippen LogP contribution in [0.3, 0.4) is 0 Å². The molecule has 0 aromatic heterocycles. The van der Waals surface area contributed by atoms with Crippen LogP contribution in [0.5, 0.6) is 0 Å². The average Bonchev–Trinajstić information content (AvgIpc) is 2.94. The summed E-state index contributed by atoms with van der Waals surface area (Å²) in [5.74, 6) is -1.43. The minimum absolute atomic E-state index is 0.233. The minimum atomic E-state index is -1.10. The predicted octanol–water partition coefficient (Wildman–Crippen LogP) is 3.48. The Morgan fingerprint density at radius 2 is 1.45 bits per heavy atom. The van der Waals surface area contributed by atoms with Gasteiger partial charge in [0.1, 0.15) is 11.6 Å². The Kier molecular flexibility index (Phi) is 11.0. The van der Waals surface area contributed by atoms with Crippen molar-refractivity contribution >= 4 is 17.8 Å². The van der Waals surface area contributed by atoms with Crippen molar-refractivity contribution in [3.05, 3.63) is 95.6 Å². The molecular formula is C32H40N4O4. The fourth-order valence-electron chi connectivity index (χ4n) is 4.24. The molecule has 5 N–H and O–H groups in total. The number of nitrogens with one attached hydrogen (secondary N) is 3. The number of esters is 1. The standard InChI is InChI=1S/C32H40N4O4/c1-32(2,3)40-29(37)19-28(30(38)35-21-24-10-8-9-23(17-24)20-33)36-31(39)27(34-4)18-22-13-15-26(16-14-22)25-11-6-5-7-12-25/h5-17,27-28,34H,18-21,33H2,1-4H3,(H,35,38)(H,36,39)/t27-,28-/m0/s1. The zero-order chi connectivity index (χ0) is 29.1. The van der Waals surface area contributed by atoms with Crippen molar-refractivity contribution in [1.29, 1.82) is 0 Å². The zero-order valence-corrected chi connectivity index (χ0v) is 23.7. The molecule has 2 amide bonds. The lowest BCUT2D eigenvalue weighted by molar-refractivity contribution is -0.156. The average molecular weight is 545 g/mol. The second-order valence-electron chi connectivity index (χ2n) is 10.7. The minimum Gasteiger partial charge on any atom is -0.460 e. The molecule has 0 spiro atoms. The lowest BCUT2D eigenvalue weighted by Gasteiger charge is -2.24. The maximum atomic E-state index is 13.3. The van der Waals surface area contributed by atoms with E-state index in [1.165, 1.54) is 0 Å². The van der Waals surface area contributed by atoms with E-state index >= 15 is 0 Å². The number of rotatable bonds is 12. The van der Waals surface area contributed by atoms with E-state index in [0.29, 0.717) is 13.0 Å². The molecule has 0 saturated heterocycles. The van der Waals surface area contributed by atoms with Gasteiger partial charge in [0.15, 0.2) is 0 Å². The highest BCUT2D eigenvalue weighted by Crippen LogP contribution is 2.20. The summed E-state index contributed by atoms with van der Waals surface area (Å²) in [4.78, 5) is 39.1. The number of likely N-dealkylation sites (N-methyl/N-ethyl adjacent to an activating group) is 1. The zero-order valence-electron chi connectivity index (χ0n) is 23.7. The van der Waals surface area contributed by atoms with Gasteiger partial charge in [0, 0.05) is 13.1 Å². The van der Waals surface area contributed by atoms with Crippen LogP contribution in [0.4, 0.5) is 0 Å². The molecule has 3 aromatic rings. The van der Waals surface area contributed by atoms with Gasteiger partial charge in [-0.1, -0.05) is 78.9 Å². The van der Waals surface area contributed by atoms with Gasteiger partial charge in [-0.2, -0.15) is 0 Å². The molecule has 8 nitrogen and oxygen atoms in total. The number of benzene rings is 3. The summed E-state index contributed by atoms with van der Waals surface area (Å²) < 4.78 is 5.42. The summed E-state index contributed by atoms with van der Waals surface area (Å²) in [6, 6.07) is 23.9. The molecule has 0 saturated carbocycles. The quantitative estimate of drug-likeness (QED) is 0.259. The van der Waals surface area contributed by atoms with Gasteiger partial charge in [-0.3, -0.25) is 14.4 Å². The van der Waals surface area contributed by atoms with Gasteiger partial charge >= 0.3 is 5.97 Å². The number of amides is 2. The largest absolute Gasteiger partial charge is 0.460 e. The Labute approximate surface area is 236 Å². The number of nitrogens with two attached hydrogens (primary N) is 1. The summed E-state index contributed by atoms with van der Waals surface area (Å²) in [6.45, 7) is 5.88. The van der Waals surface area contributed by atoms with Crippen LogP contribution >= 0.6 is 0 Å². The molecule has 0 bridgehead atoms. The third kappa shape index (κ3) is 9.63. The first-order chi connectivity index (χ1) is 19.1. The second kappa shape index (κ2) is 14.4. The summed E-state index contributed by atoms with van der Waals surface area (Å²) in [5.41, 5.74) is 9.97. The van der Waals surface area contributed by atoms with Crippen LogP contribution in [0.25, 0.3) is 11.1 Å². The van der Waals surface area contributed by atoms with Gasteiger partial charge in [-0.25, -0.2) is 0 Å². The first-order valence-electron chi connectivity index (χ1n) is 13.5. The molecule has 3 rings (SSSR count). The van der Waals surface area contributed by atoms with E-state index in [2.05, 4.69) is 16.0 Å².